The van der Waals surface area contributed by atoms with Crippen LogP contribution in [-0.4, -0.2) is 90.9 Å². The van der Waals surface area contributed by atoms with Crippen LogP contribution in [0.3, 0.4) is 0 Å². The van der Waals surface area contributed by atoms with E-state index in [9.17, 15) is 28.8 Å². The first-order chi connectivity index (χ1) is 15.5. The van der Waals surface area contributed by atoms with E-state index in [4.69, 9.17) is 23.7 Å². The fourth-order valence-electron chi connectivity index (χ4n) is 3.57. The van der Waals surface area contributed by atoms with E-state index in [2.05, 4.69) is 5.32 Å². The van der Waals surface area contributed by atoms with Gasteiger partial charge in [-0.2, -0.15) is 0 Å². The Kier molecular flexibility index (Phi) is 9.29. The zero-order valence-corrected chi connectivity index (χ0v) is 18.9. The molecule has 0 unspecified atom stereocenters. The second-order valence-electron chi connectivity index (χ2n) is 7.53. The van der Waals surface area contributed by atoms with Crippen molar-refractivity contribution < 1.29 is 52.5 Å². The third-order valence-corrected chi connectivity index (χ3v) is 4.82. The number of imide groups is 1. The highest BCUT2D eigenvalue weighted by molar-refractivity contribution is 6.01. The molecule has 13 nitrogen and oxygen atoms in total. The second kappa shape index (κ2) is 11.7. The van der Waals surface area contributed by atoms with Crippen LogP contribution < -0.4 is 5.32 Å². The number of hydrogen-bond donors (Lipinski definition) is 1. The lowest BCUT2D eigenvalue weighted by atomic mass is 9.96. The largest absolute Gasteiger partial charge is 0.463 e. The molecule has 0 aliphatic carbocycles. The summed E-state index contributed by atoms with van der Waals surface area (Å²) < 4.78 is 27.2. The summed E-state index contributed by atoms with van der Waals surface area (Å²) >= 11 is 0. The van der Waals surface area contributed by atoms with Crippen LogP contribution in [0.25, 0.3) is 0 Å². The van der Waals surface area contributed by atoms with Gasteiger partial charge in [0.15, 0.2) is 18.5 Å². The van der Waals surface area contributed by atoms with Crippen molar-refractivity contribution in [1.82, 2.24) is 10.2 Å². The van der Waals surface area contributed by atoms with Gasteiger partial charge in [0.1, 0.15) is 18.8 Å². The minimum absolute atomic E-state index is 0.0511. The molecule has 2 fully saturated rings. The highest BCUT2D eigenvalue weighted by atomic mass is 16.7. The zero-order chi connectivity index (χ0) is 24.7. The molecule has 0 aromatic rings. The van der Waals surface area contributed by atoms with Crippen molar-refractivity contribution in [2.75, 3.05) is 19.8 Å². The fraction of sp³-hybridized carbons (Fsp3) is 0.700. The van der Waals surface area contributed by atoms with Crippen LogP contribution in [0.4, 0.5) is 0 Å². The first-order valence-corrected chi connectivity index (χ1v) is 10.3. The number of nitrogens with one attached hydrogen (secondary N) is 1. The first-order valence-electron chi connectivity index (χ1n) is 10.3. The minimum atomic E-state index is -1.25. The molecule has 2 saturated heterocycles. The highest BCUT2D eigenvalue weighted by Crippen LogP contribution is 2.28. The lowest BCUT2D eigenvalue weighted by Gasteiger charge is -2.45. The predicted molar refractivity (Wildman–Crippen MR) is 106 cm³/mol. The molecular weight excluding hydrogens is 444 g/mol. The molecule has 2 rings (SSSR count). The fourth-order valence-corrected chi connectivity index (χ4v) is 3.57. The van der Waals surface area contributed by atoms with Gasteiger partial charge in [0.2, 0.25) is 17.7 Å². The van der Waals surface area contributed by atoms with Crippen molar-refractivity contribution in [2.24, 2.45) is 0 Å². The monoisotopic (exact) mass is 472 g/mol. The van der Waals surface area contributed by atoms with Crippen LogP contribution in [-0.2, 0) is 52.5 Å². The molecule has 33 heavy (non-hydrogen) atoms. The van der Waals surface area contributed by atoms with E-state index in [1.54, 1.807) is 0 Å². The van der Waals surface area contributed by atoms with Gasteiger partial charge in [0.25, 0.3) is 0 Å². The van der Waals surface area contributed by atoms with E-state index in [0.717, 1.165) is 18.7 Å². The van der Waals surface area contributed by atoms with Crippen LogP contribution in [0.1, 0.15) is 40.5 Å². The number of carbonyl (C=O) groups is 6. The van der Waals surface area contributed by atoms with E-state index in [1.807, 2.05) is 0 Å². The summed E-state index contributed by atoms with van der Waals surface area (Å²) in [5.74, 6) is -3.25. The van der Waals surface area contributed by atoms with Gasteiger partial charge >= 0.3 is 17.9 Å². The van der Waals surface area contributed by atoms with Gasteiger partial charge < -0.3 is 29.0 Å². The molecule has 0 bridgehead atoms. The lowest BCUT2D eigenvalue weighted by molar-refractivity contribution is -0.277. The Morgan fingerprint density at radius 1 is 0.939 bits per heavy atom. The van der Waals surface area contributed by atoms with Crippen LogP contribution in [0.2, 0.25) is 0 Å². The summed E-state index contributed by atoms with van der Waals surface area (Å²) in [6.45, 7) is 4.09. The number of hydrogen-bond acceptors (Lipinski definition) is 11. The van der Waals surface area contributed by atoms with Gasteiger partial charge in [0, 0.05) is 40.5 Å². The standard InChI is InChI=1S/C20H28N2O11/c1-10(23)21-17-19(32-13(4)26)18(31-12(3)25)14(9-30-11(2)24)33-20(17)29-8-7-22-15(27)5-6-16(22)28/h14,17-20H,5-9H2,1-4H3,(H,21,23)/t14-,17+,18+,19-,20-/m0/s1. The third-order valence-electron chi connectivity index (χ3n) is 4.82. The normalized spacial score (nSPS) is 27.2. The smallest absolute Gasteiger partial charge is 0.303 e. The van der Waals surface area contributed by atoms with Crippen molar-refractivity contribution in [1.29, 1.82) is 0 Å². The quantitative estimate of drug-likeness (QED) is 0.244. The summed E-state index contributed by atoms with van der Waals surface area (Å²) in [5.41, 5.74) is 0. The number of amides is 3. The summed E-state index contributed by atoms with van der Waals surface area (Å²) in [7, 11) is 0. The Hall–Kier alpha value is -3.06. The van der Waals surface area contributed by atoms with E-state index in [0.29, 0.717) is 0 Å². The van der Waals surface area contributed by atoms with Crippen molar-refractivity contribution in [3.05, 3.63) is 0 Å². The topological polar surface area (TPSA) is 164 Å². The van der Waals surface area contributed by atoms with Crippen LogP contribution >= 0.6 is 0 Å². The molecular formula is C20H28N2O11. The molecule has 0 saturated carbocycles. The van der Waals surface area contributed by atoms with Gasteiger partial charge in [-0.1, -0.05) is 0 Å². The second-order valence-corrected chi connectivity index (χ2v) is 7.53. The summed E-state index contributed by atoms with van der Waals surface area (Å²) in [6, 6.07) is -1.12. The Labute approximate surface area is 190 Å². The molecule has 5 atom stereocenters. The average molecular weight is 472 g/mol. The molecule has 13 heteroatoms. The van der Waals surface area contributed by atoms with Crippen molar-refractivity contribution in [3.8, 4) is 0 Å². The van der Waals surface area contributed by atoms with E-state index in [-0.39, 0.29) is 44.4 Å². The van der Waals surface area contributed by atoms with Crippen molar-refractivity contribution in [3.63, 3.8) is 0 Å². The maximum atomic E-state index is 11.8. The number of ether oxygens (including phenoxy) is 5. The van der Waals surface area contributed by atoms with E-state index in [1.165, 1.54) is 13.8 Å². The molecule has 2 heterocycles. The Balaban J connectivity index is 2.27. The maximum absolute atomic E-state index is 11.8. The Morgan fingerprint density at radius 2 is 1.52 bits per heavy atom. The SMILES string of the molecule is CC(=O)N[C@H]1[C@@H](OCCN2C(=O)CCC2=O)O[C@@H](COC(C)=O)[C@@H](OC(C)=O)[C@H]1OC(C)=O. The Bertz CT molecular complexity index is 783. The van der Waals surface area contributed by atoms with Gasteiger partial charge in [-0.15, -0.1) is 0 Å². The van der Waals surface area contributed by atoms with Crippen LogP contribution in [0, 0.1) is 0 Å². The van der Waals surface area contributed by atoms with Gasteiger partial charge in [0.05, 0.1) is 13.2 Å². The zero-order valence-electron chi connectivity index (χ0n) is 18.9. The molecule has 0 spiro atoms. The van der Waals surface area contributed by atoms with E-state index < -0.39 is 54.5 Å². The summed E-state index contributed by atoms with van der Waals surface area (Å²) in [4.78, 5) is 71.3. The third kappa shape index (κ3) is 7.49. The van der Waals surface area contributed by atoms with Gasteiger partial charge in [-0.25, -0.2) is 0 Å². The summed E-state index contributed by atoms with van der Waals surface area (Å²) in [5, 5.41) is 2.56. The number of likely N-dealkylation sites (tertiary alicyclic amines) is 1. The molecule has 2 aliphatic rings. The molecule has 0 aromatic heterocycles. The molecule has 0 radical (unpaired) electrons. The molecule has 1 N–H and O–H groups in total. The summed E-state index contributed by atoms with van der Waals surface area (Å²) in [6.07, 6.45) is -4.59. The number of esters is 3. The van der Waals surface area contributed by atoms with Gasteiger partial charge in [-0.05, 0) is 0 Å². The number of carbonyl (C=O) groups excluding carboxylic acids is 6. The minimum Gasteiger partial charge on any atom is -0.463 e. The molecule has 2 aliphatic heterocycles. The maximum Gasteiger partial charge on any atom is 0.303 e. The van der Waals surface area contributed by atoms with Gasteiger partial charge in [-0.3, -0.25) is 33.7 Å². The average Bonchev–Trinajstić information content (AvgIpc) is 3.01. The Morgan fingerprint density at radius 3 is 2.03 bits per heavy atom. The predicted octanol–water partition coefficient (Wildman–Crippen LogP) is -1.19. The highest BCUT2D eigenvalue weighted by Gasteiger charge is 2.51. The number of rotatable bonds is 9. The van der Waals surface area contributed by atoms with Crippen LogP contribution in [0.5, 0.6) is 0 Å². The molecule has 184 valence electrons. The first kappa shape index (κ1) is 26.2. The van der Waals surface area contributed by atoms with Crippen molar-refractivity contribution in [2.45, 2.75) is 71.2 Å². The lowest BCUT2D eigenvalue weighted by Crippen LogP contribution is -2.66. The van der Waals surface area contributed by atoms with E-state index >= 15 is 0 Å². The van der Waals surface area contributed by atoms with Crippen molar-refractivity contribution >= 4 is 35.6 Å². The number of nitrogens with zero attached hydrogens (tertiary/aromatic N) is 1. The molecule has 0 aromatic carbocycles. The molecule has 3 amide bonds. The van der Waals surface area contributed by atoms with Crippen LogP contribution in [0.15, 0.2) is 0 Å².